The lowest BCUT2D eigenvalue weighted by Crippen LogP contribution is -2.02. The van der Waals surface area contributed by atoms with Crippen LogP contribution >= 0.6 is 49.9 Å². The molecule has 0 aliphatic heterocycles. The molecule has 0 bridgehead atoms. The molecule has 0 aliphatic carbocycles. The van der Waals surface area contributed by atoms with Crippen molar-refractivity contribution in [2.75, 3.05) is 0 Å². The van der Waals surface area contributed by atoms with Gasteiger partial charge in [0.1, 0.15) is 0 Å². The van der Waals surface area contributed by atoms with Gasteiger partial charge >= 0.3 is 0 Å². The van der Waals surface area contributed by atoms with Crippen molar-refractivity contribution < 1.29 is 4.79 Å². The molecule has 0 aliphatic rings. The third-order valence-electron chi connectivity index (χ3n) is 1.98. The molecule has 0 amide bonds. The molecule has 2 rings (SSSR count). The molecule has 0 saturated heterocycles. The standard InChI is InChI=1S/C11H6BrIOS/c12-9-6-15-5-8(9)11(14)7-3-1-2-4-10(7)13/h1-6H. The molecule has 0 saturated carbocycles. The summed E-state index contributed by atoms with van der Waals surface area (Å²) in [6.45, 7) is 0. The van der Waals surface area contributed by atoms with Crippen LogP contribution < -0.4 is 0 Å². The van der Waals surface area contributed by atoms with E-state index in [9.17, 15) is 4.79 Å². The molecule has 0 fully saturated rings. The largest absolute Gasteiger partial charge is 0.288 e. The minimum Gasteiger partial charge on any atom is -0.288 e. The lowest BCUT2D eigenvalue weighted by Gasteiger charge is -2.01. The second-order valence-electron chi connectivity index (χ2n) is 2.94. The van der Waals surface area contributed by atoms with E-state index in [4.69, 9.17) is 0 Å². The fourth-order valence-electron chi connectivity index (χ4n) is 1.23. The van der Waals surface area contributed by atoms with Crippen LogP contribution in [0.25, 0.3) is 0 Å². The molecule has 1 aromatic carbocycles. The topological polar surface area (TPSA) is 17.1 Å². The molecule has 0 unspecified atom stereocenters. The molecule has 15 heavy (non-hydrogen) atoms. The average molecular weight is 393 g/mol. The number of carbonyl (C=O) groups is 1. The zero-order valence-electron chi connectivity index (χ0n) is 7.54. The van der Waals surface area contributed by atoms with Crippen LogP contribution in [0.15, 0.2) is 39.5 Å². The van der Waals surface area contributed by atoms with Crippen molar-refractivity contribution in [3.63, 3.8) is 0 Å². The van der Waals surface area contributed by atoms with Crippen LogP contribution in [0.3, 0.4) is 0 Å². The summed E-state index contributed by atoms with van der Waals surface area (Å²) in [6.07, 6.45) is 0. The summed E-state index contributed by atoms with van der Waals surface area (Å²) in [6, 6.07) is 7.61. The van der Waals surface area contributed by atoms with Gasteiger partial charge in [-0.05, 0) is 50.7 Å². The molecule has 0 spiro atoms. The number of carbonyl (C=O) groups excluding carboxylic acids is 1. The third kappa shape index (κ3) is 2.32. The van der Waals surface area contributed by atoms with E-state index in [1.54, 1.807) is 0 Å². The highest BCUT2D eigenvalue weighted by Gasteiger charge is 2.15. The third-order valence-corrected chi connectivity index (χ3v) is 4.62. The normalized spacial score (nSPS) is 10.3. The van der Waals surface area contributed by atoms with E-state index in [0.717, 1.165) is 19.2 Å². The molecule has 1 aromatic heterocycles. The first kappa shape index (κ1) is 11.3. The van der Waals surface area contributed by atoms with Crippen LogP contribution in [0, 0.1) is 3.57 Å². The van der Waals surface area contributed by atoms with Crippen molar-refractivity contribution in [3.8, 4) is 0 Å². The Morgan fingerprint density at radius 2 is 1.93 bits per heavy atom. The van der Waals surface area contributed by atoms with Crippen LogP contribution in [0.2, 0.25) is 0 Å². The summed E-state index contributed by atoms with van der Waals surface area (Å²) < 4.78 is 1.86. The zero-order chi connectivity index (χ0) is 10.8. The smallest absolute Gasteiger partial charge is 0.196 e. The van der Waals surface area contributed by atoms with Gasteiger partial charge in [0.05, 0.1) is 0 Å². The first-order valence-corrected chi connectivity index (χ1v) is 7.02. The number of ketones is 1. The SMILES string of the molecule is O=C(c1cscc1Br)c1ccccc1I. The Bertz CT molecular complexity index is 507. The maximum absolute atomic E-state index is 12.1. The highest BCUT2D eigenvalue weighted by molar-refractivity contribution is 14.1. The highest BCUT2D eigenvalue weighted by atomic mass is 127. The second kappa shape index (κ2) is 4.76. The molecule has 4 heteroatoms. The summed E-state index contributed by atoms with van der Waals surface area (Å²) in [5, 5.41) is 3.79. The van der Waals surface area contributed by atoms with Gasteiger partial charge in [0, 0.05) is 29.9 Å². The zero-order valence-corrected chi connectivity index (χ0v) is 12.1. The van der Waals surface area contributed by atoms with Gasteiger partial charge in [-0.15, -0.1) is 0 Å². The first-order chi connectivity index (χ1) is 7.20. The van der Waals surface area contributed by atoms with Crippen molar-refractivity contribution >= 4 is 55.6 Å². The highest BCUT2D eigenvalue weighted by Crippen LogP contribution is 2.25. The monoisotopic (exact) mass is 392 g/mol. The minimum absolute atomic E-state index is 0.0770. The van der Waals surface area contributed by atoms with Crippen molar-refractivity contribution in [3.05, 3.63) is 54.2 Å². The minimum atomic E-state index is 0.0770. The van der Waals surface area contributed by atoms with Gasteiger partial charge in [0.2, 0.25) is 0 Å². The van der Waals surface area contributed by atoms with Gasteiger partial charge in [-0.2, -0.15) is 11.3 Å². The molecule has 76 valence electrons. The van der Waals surface area contributed by atoms with Gasteiger partial charge in [0.25, 0.3) is 0 Å². The Kier molecular flexibility index (Phi) is 3.58. The van der Waals surface area contributed by atoms with E-state index in [0.29, 0.717) is 0 Å². The van der Waals surface area contributed by atoms with Crippen LogP contribution in [0.5, 0.6) is 0 Å². The average Bonchev–Trinajstić information content (AvgIpc) is 2.64. The molecule has 0 N–H and O–H groups in total. The van der Waals surface area contributed by atoms with E-state index in [2.05, 4.69) is 38.5 Å². The molecule has 0 atom stereocenters. The maximum Gasteiger partial charge on any atom is 0.196 e. The molecular weight excluding hydrogens is 387 g/mol. The predicted octanol–water partition coefficient (Wildman–Crippen LogP) is 4.35. The van der Waals surface area contributed by atoms with Crippen LogP contribution in [0.4, 0.5) is 0 Å². The Balaban J connectivity index is 2.46. The quantitative estimate of drug-likeness (QED) is 0.548. The van der Waals surface area contributed by atoms with Gasteiger partial charge < -0.3 is 0 Å². The molecule has 2 aromatic rings. The Morgan fingerprint density at radius 1 is 1.20 bits per heavy atom. The Hall–Kier alpha value is -0.200. The van der Waals surface area contributed by atoms with Crippen molar-refractivity contribution in [1.82, 2.24) is 0 Å². The molecular formula is C11H6BrIOS. The number of rotatable bonds is 2. The maximum atomic E-state index is 12.1. The lowest BCUT2D eigenvalue weighted by atomic mass is 10.1. The van der Waals surface area contributed by atoms with Gasteiger partial charge in [-0.1, -0.05) is 12.1 Å². The van der Waals surface area contributed by atoms with Crippen LogP contribution in [-0.4, -0.2) is 5.78 Å². The first-order valence-electron chi connectivity index (χ1n) is 4.21. The molecule has 1 heterocycles. The molecule has 0 radical (unpaired) electrons. The van der Waals surface area contributed by atoms with E-state index < -0.39 is 0 Å². The van der Waals surface area contributed by atoms with Crippen LogP contribution in [-0.2, 0) is 0 Å². The second-order valence-corrected chi connectivity index (χ2v) is 5.70. The number of benzene rings is 1. The number of thiophene rings is 1. The Labute approximate surface area is 114 Å². The number of hydrogen-bond donors (Lipinski definition) is 0. The number of halogens is 2. The van der Waals surface area contributed by atoms with Gasteiger partial charge in [-0.3, -0.25) is 4.79 Å². The van der Waals surface area contributed by atoms with Crippen LogP contribution in [0.1, 0.15) is 15.9 Å². The predicted molar refractivity (Wildman–Crippen MR) is 74.6 cm³/mol. The summed E-state index contributed by atoms with van der Waals surface area (Å²) >= 11 is 7.08. The molecule has 1 nitrogen and oxygen atoms in total. The van der Waals surface area contributed by atoms with Gasteiger partial charge in [0.15, 0.2) is 5.78 Å². The lowest BCUT2D eigenvalue weighted by molar-refractivity contribution is 0.103. The van der Waals surface area contributed by atoms with Crippen molar-refractivity contribution in [1.29, 1.82) is 0 Å². The summed E-state index contributed by atoms with van der Waals surface area (Å²) in [4.78, 5) is 12.1. The van der Waals surface area contributed by atoms with E-state index in [-0.39, 0.29) is 5.78 Å². The van der Waals surface area contributed by atoms with E-state index in [1.807, 2.05) is 35.0 Å². The Morgan fingerprint density at radius 3 is 2.53 bits per heavy atom. The van der Waals surface area contributed by atoms with E-state index >= 15 is 0 Å². The van der Waals surface area contributed by atoms with Gasteiger partial charge in [-0.25, -0.2) is 0 Å². The summed E-state index contributed by atoms with van der Waals surface area (Å²) in [5.74, 6) is 0.0770. The fraction of sp³-hybridized carbons (Fsp3) is 0. The van der Waals surface area contributed by atoms with Crippen molar-refractivity contribution in [2.45, 2.75) is 0 Å². The fourth-order valence-corrected chi connectivity index (χ4v) is 3.32. The van der Waals surface area contributed by atoms with Crippen molar-refractivity contribution in [2.24, 2.45) is 0 Å². The number of hydrogen-bond acceptors (Lipinski definition) is 2. The van der Waals surface area contributed by atoms with E-state index in [1.165, 1.54) is 11.3 Å². The summed E-state index contributed by atoms with van der Waals surface area (Å²) in [7, 11) is 0. The summed E-state index contributed by atoms with van der Waals surface area (Å²) in [5.41, 5.74) is 1.50.